The zero-order valence-electron chi connectivity index (χ0n) is 22.7. The molecule has 0 saturated heterocycles. The summed E-state index contributed by atoms with van der Waals surface area (Å²) >= 11 is 0. The fraction of sp³-hybridized carbons (Fsp3) is 0.484. The van der Waals surface area contributed by atoms with Crippen LogP contribution in [0, 0.1) is 0 Å². The number of aromatic nitrogens is 1. The van der Waals surface area contributed by atoms with Gasteiger partial charge in [0.2, 0.25) is 15.9 Å². The third-order valence-electron chi connectivity index (χ3n) is 7.62. The van der Waals surface area contributed by atoms with Crippen LogP contribution in [-0.2, 0) is 27.0 Å². The average Bonchev–Trinajstić information content (AvgIpc) is 2.88. The Hall–Kier alpha value is -2.93. The van der Waals surface area contributed by atoms with Crippen LogP contribution in [0.25, 0.3) is 10.9 Å². The molecule has 0 N–H and O–H groups in total. The van der Waals surface area contributed by atoms with Gasteiger partial charge in [-0.1, -0.05) is 94.2 Å². The molecule has 0 bridgehead atoms. The van der Waals surface area contributed by atoms with E-state index in [1.807, 2.05) is 60.7 Å². The van der Waals surface area contributed by atoms with Gasteiger partial charge in [-0.3, -0.25) is 4.79 Å². The summed E-state index contributed by atoms with van der Waals surface area (Å²) < 4.78 is 33.2. The van der Waals surface area contributed by atoms with E-state index < -0.39 is 21.5 Å². The van der Waals surface area contributed by atoms with E-state index in [4.69, 9.17) is 4.74 Å². The average molecular weight is 537 g/mol. The lowest BCUT2D eigenvalue weighted by Gasteiger charge is -2.43. The molecule has 1 aromatic heterocycles. The highest BCUT2D eigenvalue weighted by molar-refractivity contribution is 7.88. The molecule has 1 aliphatic carbocycles. The van der Waals surface area contributed by atoms with E-state index in [1.54, 1.807) is 0 Å². The van der Waals surface area contributed by atoms with Gasteiger partial charge in [0.05, 0.1) is 23.0 Å². The SMILES string of the molecule is CC(=O)N(C1(c2ccc(OCc3ccc4ccccc4n3)cc2)CCCCCCCCCCC1)S(C)(=O)=O. The number of carbonyl (C=O) groups excluding carboxylic acids is 1. The number of fused-ring (bicyclic) bond motifs is 1. The van der Waals surface area contributed by atoms with Crippen molar-refractivity contribution in [3.63, 3.8) is 0 Å². The maximum Gasteiger partial charge on any atom is 0.235 e. The number of para-hydroxylation sites is 1. The minimum atomic E-state index is -3.77. The highest BCUT2D eigenvalue weighted by Gasteiger charge is 2.44. The third-order valence-corrected chi connectivity index (χ3v) is 8.89. The lowest BCUT2D eigenvalue weighted by molar-refractivity contribution is -0.129. The minimum Gasteiger partial charge on any atom is -0.487 e. The summed E-state index contributed by atoms with van der Waals surface area (Å²) in [5.74, 6) is 0.253. The van der Waals surface area contributed by atoms with Crippen LogP contribution in [0.4, 0.5) is 0 Å². The first-order valence-corrected chi connectivity index (χ1v) is 15.7. The normalized spacial score (nSPS) is 17.2. The standard InChI is InChI=1S/C31H40N2O4S/c1-25(34)33(38(2,35)36)31(22-12-8-6-4-3-5-7-9-13-23-31)27-17-20-29(21-18-27)37-24-28-19-16-26-14-10-11-15-30(26)32-28/h10-11,14-21H,3-9,12-13,22-24H2,1-2H3. The van der Waals surface area contributed by atoms with Crippen LogP contribution in [0.1, 0.15) is 88.8 Å². The molecule has 1 aliphatic rings. The molecule has 0 atom stereocenters. The van der Waals surface area contributed by atoms with Gasteiger partial charge in [-0.05, 0) is 42.7 Å². The van der Waals surface area contributed by atoms with Gasteiger partial charge in [0.1, 0.15) is 12.4 Å². The molecule has 0 unspecified atom stereocenters. The summed E-state index contributed by atoms with van der Waals surface area (Å²) in [5, 5.41) is 1.09. The van der Waals surface area contributed by atoms with E-state index in [-0.39, 0.29) is 0 Å². The number of rotatable bonds is 6. The van der Waals surface area contributed by atoms with Crippen LogP contribution >= 0.6 is 0 Å². The Bertz CT molecular complexity index is 1310. The van der Waals surface area contributed by atoms with Crippen molar-refractivity contribution < 1.29 is 17.9 Å². The van der Waals surface area contributed by atoms with Crippen LogP contribution in [0.15, 0.2) is 60.7 Å². The van der Waals surface area contributed by atoms with E-state index in [1.165, 1.54) is 30.5 Å². The Labute approximate surface area is 227 Å². The molecule has 6 nitrogen and oxygen atoms in total. The van der Waals surface area contributed by atoms with Crippen molar-refractivity contribution in [1.29, 1.82) is 0 Å². The van der Waals surface area contributed by atoms with Crippen molar-refractivity contribution in [3.05, 3.63) is 71.9 Å². The number of amides is 1. The summed E-state index contributed by atoms with van der Waals surface area (Å²) in [5.41, 5.74) is 1.73. The van der Waals surface area contributed by atoms with E-state index >= 15 is 0 Å². The van der Waals surface area contributed by atoms with Gasteiger partial charge < -0.3 is 4.74 Å². The first kappa shape index (κ1) is 28.1. The smallest absolute Gasteiger partial charge is 0.235 e. The second kappa shape index (κ2) is 12.7. The van der Waals surface area contributed by atoms with E-state index in [0.717, 1.165) is 66.9 Å². The highest BCUT2D eigenvalue weighted by atomic mass is 32.2. The molecular formula is C31H40N2O4S. The first-order chi connectivity index (χ1) is 18.3. The van der Waals surface area contributed by atoms with Crippen molar-refractivity contribution in [1.82, 2.24) is 9.29 Å². The number of hydrogen-bond acceptors (Lipinski definition) is 5. The van der Waals surface area contributed by atoms with Crippen LogP contribution in [0.5, 0.6) is 5.75 Å². The van der Waals surface area contributed by atoms with Crippen LogP contribution in [0.2, 0.25) is 0 Å². The molecule has 1 amide bonds. The van der Waals surface area contributed by atoms with Gasteiger partial charge in [-0.15, -0.1) is 0 Å². The topological polar surface area (TPSA) is 76.6 Å². The van der Waals surface area contributed by atoms with Crippen LogP contribution in [0.3, 0.4) is 0 Å². The Morgan fingerprint density at radius 2 is 1.42 bits per heavy atom. The zero-order chi connectivity index (χ0) is 27.0. The quantitative estimate of drug-likeness (QED) is 0.335. The van der Waals surface area contributed by atoms with Crippen molar-refractivity contribution in [3.8, 4) is 5.75 Å². The number of ether oxygens (including phenoxy) is 1. The fourth-order valence-corrected chi connectivity index (χ4v) is 7.26. The molecule has 0 spiro atoms. The van der Waals surface area contributed by atoms with Crippen molar-refractivity contribution >= 4 is 26.8 Å². The molecule has 4 rings (SSSR count). The summed E-state index contributed by atoms with van der Waals surface area (Å²) in [4.78, 5) is 17.6. The van der Waals surface area contributed by atoms with Gasteiger partial charge in [-0.2, -0.15) is 0 Å². The third kappa shape index (κ3) is 6.93. The van der Waals surface area contributed by atoms with Gasteiger partial charge in [0.15, 0.2) is 0 Å². The molecule has 1 saturated carbocycles. The van der Waals surface area contributed by atoms with Crippen molar-refractivity contribution in [2.75, 3.05) is 6.26 Å². The molecule has 0 aliphatic heterocycles. The van der Waals surface area contributed by atoms with Crippen LogP contribution < -0.4 is 4.74 Å². The molecule has 0 radical (unpaired) electrons. The predicted molar refractivity (Wildman–Crippen MR) is 152 cm³/mol. The van der Waals surface area contributed by atoms with Crippen LogP contribution in [-0.4, -0.2) is 29.9 Å². The largest absolute Gasteiger partial charge is 0.487 e. The molecule has 1 fully saturated rings. The minimum absolute atomic E-state index is 0.332. The van der Waals surface area contributed by atoms with E-state index in [0.29, 0.717) is 25.2 Å². The fourth-order valence-electron chi connectivity index (χ4n) is 5.87. The first-order valence-electron chi connectivity index (χ1n) is 13.9. The Kier molecular flexibility index (Phi) is 9.42. The molecule has 204 valence electrons. The molecular weight excluding hydrogens is 496 g/mol. The molecule has 7 heteroatoms. The molecule has 3 aromatic rings. The Balaban J connectivity index is 1.60. The summed E-state index contributed by atoms with van der Waals surface area (Å²) in [6.07, 6.45) is 12.2. The maximum atomic E-state index is 13.0. The highest BCUT2D eigenvalue weighted by Crippen LogP contribution is 2.42. The molecule has 2 aromatic carbocycles. The summed E-state index contributed by atoms with van der Waals surface area (Å²) in [6.45, 7) is 1.70. The molecule has 1 heterocycles. The van der Waals surface area contributed by atoms with Gasteiger partial charge >= 0.3 is 0 Å². The number of sulfonamides is 1. The second-order valence-corrected chi connectivity index (χ2v) is 12.4. The monoisotopic (exact) mass is 536 g/mol. The lowest BCUT2D eigenvalue weighted by atomic mass is 9.79. The molecule has 38 heavy (non-hydrogen) atoms. The maximum absolute atomic E-state index is 13.0. The Morgan fingerprint density at radius 3 is 2.00 bits per heavy atom. The van der Waals surface area contributed by atoms with Crippen molar-refractivity contribution in [2.24, 2.45) is 0 Å². The van der Waals surface area contributed by atoms with Crippen molar-refractivity contribution in [2.45, 2.75) is 89.7 Å². The van der Waals surface area contributed by atoms with E-state index in [2.05, 4.69) is 4.98 Å². The summed E-state index contributed by atoms with van der Waals surface area (Å²) in [7, 11) is -3.77. The second-order valence-electron chi connectivity index (χ2n) is 10.6. The number of pyridine rings is 1. The van der Waals surface area contributed by atoms with E-state index in [9.17, 15) is 13.2 Å². The number of benzene rings is 2. The number of hydrogen-bond donors (Lipinski definition) is 0. The van der Waals surface area contributed by atoms with Gasteiger partial charge in [0, 0.05) is 12.3 Å². The summed E-state index contributed by atoms with van der Waals surface area (Å²) in [6, 6.07) is 19.6. The number of carbonyl (C=O) groups is 1. The van der Waals surface area contributed by atoms with Gasteiger partial charge in [0.25, 0.3) is 0 Å². The zero-order valence-corrected chi connectivity index (χ0v) is 23.5. The van der Waals surface area contributed by atoms with Gasteiger partial charge in [-0.25, -0.2) is 17.7 Å². The Morgan fingerprint density at radius 1 is 0.842 bits per heavy atom. The lowest BCUT2D eigenvalue weighted by Crippen LogP contribution is -2.51. The predicted octanol–water partition coefficient (Wildman–Crippen LogP) is 7.12. The number of nitrogens with zero attached hydrogens (tertiary/aromatic N) is 2.